The molecule has 0 aliphatic rings. The fraction of sp³-hybridized carbons (Fsp3) is 0. The van der Waals surface area contributed by atoms with Crippen LogP contribution >= 0.6 is 0 Å². The number of rotatable bonds is 2. The van der Waals surface area contributed by atoms with E-state index in [4.69, 9.17) is 8.83 Å². The van der Waals surface area contributed by atoms with Gasteiger partial charge in [0.1, 0.15) is 22.3 Å². The molecule has 9 rings (SSSR count). The van der Waals surface area contributed by atoms with Gasteiger partial charge in [-0.05, 0) is 68.7 Å². The van der Waals surface area contributed by atoms with Crippen molar-refractivity contribution in [3.05, 3.63) is 128 Å². The summed E-state index contributed by atoms with van der Waals surface area (Å²) < 4.78 is 12.6. The highest BCUT2D eigenvalue weighted by molar-refractivity contribution is 6.28. The average molecular weight is 512 g/mol. The lowest BCUT2D eigenvalue weighted by atomic mass is 9.84. The fourth-order valence-electron chi connectivity index (χ4n) is 6.57. The number of fused-ring (bicyclic) bond motifs is 8. The predicted molar refractivity (Wildman–Crippen MR) is 165 cm³/mol. The smallest absolute Gasteiger partial charge is 0.136 e. The minimum Gasteiger partial charge on any atom is -0.456 e. The van der Waals surface area contributed by atoms with E-state index in [1.54, 1.807) is 0 Å². The number of nitrogens with zero attached hydrogens (tertiary/aromatic N) is 1. The van der Waals surface area contributed by atoms with Crippen LogP contribution in [0.4, 0.5) is 0 Å². The molecule has 0 aliphatic carbocycles. The van der Waals surface area contributed by atoms with E-state index in [0.717, 1.165) is 65.8 Å². The topological polar surface area (TPSA) is 39.2 Å². The first kappa shape index (κ1) is 21.5. The van der Waals surface area contributed by atoms with Crippen molar-refractivity contribution in [1.29, 1.82) is 0 Å². The van der Waals surface area contributed by atoms with Gasteiger partial charge in [0.25, 0.3) is 0 Å². The molecule has 0 amide bonds. The number of furan rings is 2. The van der Waals surface area contributed by atoms with Crippen LogP contribution in [0.15, 0.2) is 136 Å². The number of para-hydroxylation sites is 2. The van der Waals surface area contributed by atoms with E-state index in [2.05, 4.69) is 96.0 Å². The molecular formula is C37H21NO2. The molecule has 0 atom stereocenters. The third-order valence-electron chi connectivity index (χ3n) is 8.17. The SMILES string of the molecule is c1ccc2c(c1)oc1cccc(-c3c4ccccc4c(-c4cccc5oc6ccccc6c45)c4cnccc34)c12. The Morgan fingerprint density at radius 3 is 1.40 bits per heavy atom. The van der Waals surface area contributed by atoms with E-state index in [1.807, 2.05) is 36.7 Å². The highest BCUT2D eigenvalue weighted by Gasteiger charge is 2.22. The van der Waals surface area contributed by atoms with Crippen LogP contribution < -0.4 is 0 Å². The van der Waals surface area contributed by atoms with Gasteiger partial charge in [-0.25, -0.2) is 0 Å². The van der Waals surface area contributed by atoms with E-state index < -0.39 is 0 Å². The van der Waals surface area contributed by atoms with E-state index in [0.29, 0.717) is 0 Å². The van der Waals surface area contributed by atoms with Crippen molar-refractivity contribution < 1.29 is 8.83 Å². The van der Waals surface area contributed by atoms with E-state index in [9.17, 15) is 0 Å². The Morgan fingerprint density at radius 2 is 0.825 bits per heavy atom. The van der Waals surface area contributed by atoms with Crippen LogP contribution in [-0.4, -0.2) is 4.98 Å². The first-order valence-electron chi connectivity index (χ1n) is 13.5. The Kier molecular flexibility index (Phi) is 4.33. The summed E-state index contributed by atoms with van der Waals surface area (Å²) in [5.41, 5.74) is 8.25. The number of aromatic nitrogens is 1. The van der Waals surface area contributed by atoms with Crippen molar-refractivity contribution in [1.82, 2.24) is 4.98 Å². The normalized spacial score (nSPS) is 12.0. The molecule has 40 heavy (non-hydrogen) atoms. The lowest BCUT2D eigenvalue weighted by Gasteiger charge is -2.18. The van der Waals surface area contributed by atoms with Crippen LogP contribution in [0.5, 0.6) is 0 Å². The van der Waals surface area contributed by atoms with Gasteiger partial charge in [0.15, 0.2) is 0 Å². The first-order valence-corrected chi connectivity index (χ1v) is 13.5. The summed E-state index contributed by atoms with van der Waals surface area (Å²) in [7, 11) is 0. The van der Waals surface area contributed by atoms with Crippen molar-refractivity contribution >= 4 is 65.4 Å². The summed E-state index contributed by atoms with van der Waals surface area (Å²) in [6.45, 7) is 0. The van der Waals surface area contributed by atoms with E-state index >= 15 is 0 Å². The molecular weight excluding hydrogens is 490 g/mol. The molecule has 0 N–H and O–H groups in total. The molecule has 3 aromatic heterocycles. The second-order valence-electron chi connectivity index (χ2n) is 10.3. The minimum absolute atomic E-state index is 0.888. The van der Waals surface area contributed by atoms with Gasteiger partial charge in [0.05, 0.1) is 0 Å². The van der Waals surface area contributed by atoms with Crippen LogP contribution in [0, 0.1) is 0 Å². The molecule has 9 aromatic rings. The minimum atomic E-state index is 0.888. The maximum atomic E-state index is 6.29. The zero-order valence-corrected chi connectivity index (χ0v) is 21.4. The molecule has 0 unspecified atom stereocenters. The molecule has 0 aliphatic heterocycles. The Hall–Kier alpha value is -5.41. The van der Waals surface area contributed by atoms with Gasteiger partial charge in [-0.1, -0.05) is 84.9 Å². The third-order valence-corrected chi connectivity index (χ3v) is 8.17. The summed E-state index contributed by atoms with van der Waals surface area (Å²) in [6.07, 6.45) is 3.90. The number of benzene rings is 6. The second kappa shape index (κ2) is 8.05. The van der Waals surface area contributed by atoms with Gasteiger partial charge in [-0.15, -0.1) is 0 Å². The van der Waals surface area contributed by atoms with Crippen molar-refractivity contribution in [2.75, 3.05) is 0 Å². The maximum absolute atomic E-state index is 6.29. The molecule has 0 radical (unpaired) electrons. The summed E-state index contributed by atoms with van der Waals surface area (Å²) >= 11 is 0. The molecule has 0 bridgehead atoms. The van der Waals surface area contributed by atoms with Gasteiger partial charge in [-0.3, -0.25) is 4.98 Å². The fourth-order valence-corrected chi connectivity index (χ4v) is 6.57. The van der Waals surface area contributed by atoms with Gasteiger partial charge < -0.3 is 8.83 Å². The van der Waals surface area contributed by atoms with Gasteiger partial charge in [0, 0.05) is 39.3 Å². The molecule has 0 spiro atoms. The maximum Gasteiger partial charge on any atom is 0.136 e. The summed E-state index contributed by atoms with van der Waals surface area (Å²) in [4.78, 5) is 4.63. The third kappa shape index (κ3) is 2.86. The van der Waals surface area contributed by atoms with Crippen molar-refractivity contribution in [2.45, 2.75) is 0 Å². The molecule has 3 heteroatoms. The lowest BCUT2D eigenvalue weighted by Crippen LogP contribution is -1.92. The van der Waals surface area contributed by atoms with Gasteiger partial charge >= 0.3 is 0 Å². The highest BCUT2D eigenvalue weighted by Crippen LogP contribution is 2.48. The van der Waals surface area contributed by atoms with E-state index in [1.165, 1.54) is 21.9 Å². The zero-order valence-electron chi connectivity index (χ0n) is 21.4. The molecule has 0 saturated heterocycles. The molecule has 6 aromatic carbocycles. The standard InChI is InChI=1S/C37H21NO2/c1-2-10-23-22(9-1)34(27-13-7-17-32-36(27)25-11-3-5-15-30(25)39-32)24-19-20-38-21-29(24)35(23)28-14-8-18-33-37(28)26-12-4-6-16-31(26)40-33/h1-21H. The largest absolute Gasteiger partial charge is 0.456 e. The number of pyridine rings is 1. The summed E-state index contributed by atoms with van der Waals surface area (Å²) in [6, 6.07) is 40.2. The Bertz CT molecular complexity index is 2220. The van der Waals surface area contributed by atoms with Crippen LogP contribution in [-0.2, 0) is 0 Å². The van der Waals surface area contributed by atoms with Crippen molar-refractivity contribution in [3.8, 4) is 22.3 Å². The molecule has 3 heterocycles. The molecule has 3 nitrogen and oxygen atoms in total. The van der Waals surface area contributed by atoms with Crippen LogP contribution in [0.2, 0.25) is 0 Å². The molecule has 0 fully saturated rings. The van der Waals surface area contributed by atoms with Crippen LogP contribution in [0.3, 0.4) is 0 Å². The predicted octanol–water partition coefficient (Wildman–Crippen LogP) is 10.5. The number of hydrogen-bond acceptors (Lipinski definition) is 3. The Morgan fingerprint density at radius 1 is 0.375 bits per heavy atom. The highest BCUT2D eigenvalue weighted by atomic mass is 16.3. The Labute approximate surface area is 228 Å². The second-order valence-corrected chi connectivity index (χ2v) is 10.3. The van der Waals surface area contributed by atoms with Crippen molar-refractivity contribution in [3.63, 3.8) is 0 Å². The monoisotopic (exact) mass is 511 g/mol. The quantitative estimate of drug-likeness (QED) is 0.217. The lowest BCUT2D eigenvalue weighted by molar-refractivity contribution is 0.668. The first-order chi connectivity index (χ1) is 19.9. The molecule has 0 saturated carbocycles. The zero-order chi connectivity index (χ0) is 26.2. The summed E-state index contributed by atoms with van der Waals surface area (Å²) in [5, 5.41) is 9.15. The summed E-state index contributed by atoms with van der Waals surface area (Å²) in [5.74, 6) is 0. The van der Waals surface area contributed by atoms with Gasteiger partial charge in [-0.2, -0.15) is 0 Å². The van der Waals surface area contributed by atoms with E-state index in [-0.39, 0.29) is 0 Å². The van der Waals surface area contributed by atoms with Crippen molar-refractivity contribution in [2.24, 2.45) is 0 Å². The molecule has 186 valence electrons. The average Bonchev–Trinajstić information content (AvgIpc) is 3.58. The van der Waals surface area contributed by atoms with Crippen LogP contribution in [0.25, 0.3) is 87.7 Å². The van der Waals surface area contributed by atoms with Crippen LogP contribution in [0.1, 0.15) is 0 Å². The Balaban J connectivity index is 1.49. The van der Waals surface area contributed by atoms with Gasteiger partial charge in [0.2, 0.25) is 0 Å². The number of hydrogen-bond donors (Lipinski definition) is 0.